The van der Waals surface area contributed by atoms with E-state index in [1.165, 1.54) is 0 Å². The number of carboxylic acids is 1. The summed E-state index contributed by atoms with van der Waals surface area (Å²) in [6.07, 6.45) is 0. The lowest BCUT2D eigenvalue weighted by atomic mass is 10.2. The van der Waals surface area contributed by atoms with Crippen molar-refractivity contribution in [2.75, 3.05) is 13.7 Å². The second-order valence-electron chi connectivity index (χ2n) is 3.68. The number of fused-ring (bicyclic) bond motifs is 1. The third-order valence-electron chi connectivity index (χ3n) is 2.60. The highest BCUT2D eigenvalue weighted by Crippen LogP contribution is 2.23. The van der Waals surface area contributed by atoms with E-state index in [0.717, 1.165) is 10.9 Å². The highest BCUT2D eigenvalue weighted by molar-refractivity contribution is 6.31. The summed E-state index contributed by atoms with van der Waals surface area (Å²) in [5, 5.41) is 10.6. The molecule has 0 atom stereocenters. The zero-order valence-electron chi connectivity index (χ0n) is 9.31. The van der Waals surface area contributed by atoms with E-state index in [0.29, 0.717) is 18.2 Å². The summed E-state index contributed by atoms with van der Waals surface area (Å²) in [5.41, 5.74) is 1.10. The Morgan fingerprint density at radius 3 is 2.88 bits per heavy atom. The van der Waals surface area contributed by atoms with Gasteiger partial charge in [-0.15, -0.1) is 0 Å². The van der Waals surface area contributed by atoms with E-state index in [4.69, 9.17) is 21.4 Å². The maximum absolute atomic E-state index is 11.1. The molecular weight excluding hydrogens is 242 g/mol. The number of nitrogens with zero attached hydrogens (tertiary/aromatic N) is 1. The Bertz CT molecular complexity index is 562. The first-order chi connectivity index (χ1) is 8.13. The lowest BCUT2D eigenvalue weighted by Gasteiger charge is -2.07. The summed E-state index contributed by atoms with van der Waals surface area (Å²) >= 11 is 5.88. The molecule has 0 radical (unpaired) electrons. The van der Waals surface area contributed by atoms with Gasteiger partial charge in [0, 0.05) is 29.6 Å². The van der Waals surface area contributed by atoms with Crippen molar-refractivity contribution in [1.82, 2.24) is 4.57 Å². The van der Waals surface area contributed by atoms with Crippen LogP contribution in [0.4, 0.5) is 0 Å². The third-order valence-corrected chi connectivity index (χ3v) is 2.84. The fourth-order valence-electron chi connectivity index (χ4n) is 1.84. The Labute approximate surface area is 103 Å². The van der Waals surface area contributed by atoms with E-state index in [-0.39, 0.29) is 5.69 Å². The van der Waals surface area contributed by atoms with Gasteiger partial charge in [0.05, 0.1) is 6.61 Å². The van der Waals surface area contributed by atoms with Crippen LogP contribution in [0, 0.1) is 0 Å². The van der Waals surface area contributed by atoms with Crippen LogP contribution in [0.15, 0.2) is 24.3 Å². The molecule has 2 aromatic rings. The zero-order chi connectivity index (χ0) is 12.4. The molecule has 0 aliphatic rings. The third kappa shape index (κ3) is 2.28. The lowest BCUT2D eigenvalue weighted by molar-refractivity contribution is 0.0683. The molecule has 1 N–H and O–H groups in total. The maximum Gasteiger partial charge on any atom is 0.352 e. The van der Waals surface area contributed by atoms with Gasteiger partial charge in [-0.2, -0.15) is 0 Å². The topological polar surface area (TPSA) is 51.5 Å². The molecule has 0 spiro atoms. The molecule has 1 aromatic heterocycles. The number of hydrogen-bond acceptors (Lipinski definition) is 2. The second kappa shape index (κ2) is 4.77. The average molecular weight is 254 g/mol. The van der Waals surface area contributed by atoms with E-state index in [1.807, 2.05) is 6.07 Å². The summed E-state index contributed by atoms with van der Waals surface area (Å²) in [5.74, 6) is -0.951. The predicted octanol–water partition coefficient (Wildman–Crippen LogP) is 2.64. The van der Waals surface area contributed by atoms with Gasteiger partial charge >= 0.3 is 5.97 Å². The number of aromatic carboxylic acids is 1. The molecule has 4 nitrogen and oxygen atoms in total. The Balaban J connectivity index is 2.58. The SMILES string of the molecule is COCCn1c(C(=O)O)cc2cc(Cl)ccc21. The summed E-state index contributed by atoms with van der Waals surface area (Å²) in [6, 6.07) is 6.95. The molecule has 0 aliphatic heterocycles. The van der Waals surface area contributed by atoms with Gasteiger partial charge in [0.15, 0.2) is 0 Å². The summed E-state index contributed by atoms with van der Waals surface area (Å²) in [7, 11) is 1.59. The normalized spacial score (nSPS) is 10.9. The molecule has 0 saturated heterocycles. The number of aromatic nitrogens is 1. The minimum atomic E-state index is -0.951. The van der Waals surface area contributed by atoms with Gasteiger partial charge in [0.25, 0.3) is 0 Å². The van der Waals surface area contributed by atoms with Crippen LogP contribution in [0.2, 0.25) is 5.02 Å². The molecular formula is C12H12ClNO3. The number of carboxylic acid groups (broad SMARTS) is 1. The van der Waals surface area contributed by atoms with Crippen molar-refractivity contribution >= 4 is 28.5 Å². The fraction of sp³-hybridized carbons (Fsp3) is 0.250. The summed E-state index contributed by atoms with van der Waals surface area (Å²) in [4.78, 5) is 11.1. The van der Waals surface area contributed by atoms with Crippen molar-refractivity contribution in [3.8, 4) is 0 Å². The van der Waals surface area contributed by atoms with Crippen LogP contribution in [-0.4, -0.2) is 29.4 Å². The molecule has 1 heterocycles. The zero-order valence-corrected chi connectivity index (χ0v) is 10.1. The molecule has 1 aromatic carbocycles. The molecule has 90 valence electrons. The Kier molecular flexibility index (Phi) is 3.36. The highest BCUT2D eigenvalue weighted by atomic mass is 35.5. The number of methoxy groups -OCH3 is 1. The van der Waals surface area contributed by atoms with E-state index in [1.54, 1.807) is 29.9 Å². The van der Waals surface area contributed by atoms with Crippen LogP contribution < -0.4 is 0 Å². The first-order valence-corrected chi connectivity index (χ1v) is 5.52. The molecule has 0 aliphatic carbocycles. The van der Waals surface area contributed by atoms with Crippen LogP contribution in [-0.2, 0) is 11.3 Å². The standard InChI is InChI=1S/C12H12ClNO3/c1-17-5-4-14-10-3-2-9(13)6-8(10)7-11(14)12(15)16/h2-3,6-7H,4-5H2,1H3,(H,15,16). The van der Waals surface area contributed by atoms with Crippen molar-refractivity contribution in [3.63, 3.8) is 0 Å². The predicted molar refractivity (Wildman–Crippen MR) is 65.8 cm³/mol. The van der Waals surface area contributed by atoms with E-state index in [2.05, 4.69) is 0 Å². The van der Waals surface area contributed by atoms with Crippen LogP contribution >= 0.6 is 11.6 Å². The first kappa shape index (κ1) is 12.0. The molecule has 2 rings (SSSR count). The number of hydrogen-bond donors (Lipinski definition) is 1. The van der Waals surface area contributed by atoms with Crippen LogP contribution in [0.5, 0.6) is 0 Å². The molecule has 5 heteroatoms. The van der Waals surface area contributed by atoms with Gasteiger partial charge < -0.3 is 14.4 Å². The summed E-state index contributed by atoms with van der Waals surface area (Å²) < 4.78 is 6.70. The van der Waals surface area contributed by atoms with Crippen molar-refractivity contribution < 1.29 is 14.6 Å². The second-order valence-corrected chi connectivity index (χ2v) is 4.12. The van der Waals surface area contributed by atoms with Crippen LogP contribution in [0.25, 0.3) is 10.9 Å². The molecule has 0 bridgehead atoms. The minimum Gasteiger partial charge on any atom is -0.477 e. The average Bonchev–Trinajstić information content (AvgIpc) is 2.64. The van der Waals surface area contributed by atoms with Gasteiger partial charge in [0.1, 0.15) is 5.69 Å². The van der Waals surface area contributed by atoms with Gasteiger partial charge in [0.2, 0.25) is 0 Å². The summed E-state index contributed by atoms with van der Waals surface area (Å²) in [6.45, 7) is 0.968. The number of ether oxygens (including phenoxy) is 1. The van der Waals surface area contributed by atoms with Gasteiger partial charge in [-0.3, -0.25) is 0 Å². The number of carbonyl (C=O) groups is 1. The number of halogens is 1. The van der Waals surface area contributed by atoms with Gasteiger partial charge in [-0.25, -0.2) is 4.79 Å². The molecule has 0 unspecified atom stereocenters. The highest BCUT2D eigenvalue weighted by Gasteiger charge is 2.14. The number of benzene rings is 1. The van der Waals surface area contributed by atoms with Crippen molar-refractivity contribution in [3.05, 3.63) is 35.0 Å². The Morgan fingerprint density at radius 2 is 2.24 bits per heavy atom. The van der Waals surface area contributed by atoms with Crippen LogP contribution in [0.3, 0.4) is 0 Å². The molecule has 0 amide bonds. The number of rotatable bonds is 4. The van der Waals surface area contributed by atoms with Gasteiger partial charge in [-0.05, 0) is 24.3 Å². The Hall–Kier alpha value is -1.52. The Morgan fingerprint density at radius 1 is 1.47 bits per heavy atom. The van der Waals surface area contributed by atoms with Crippen molar-refractivity contribution in [2.24, 2.45) is 0 Å². The molecule has 0 fully saturated rings. The van der Waals surface area contributed by atoms with Gasteiger partial charge in [-0.1, -0.05) is 11.6 Å². The lowest BCUT2D eigenvalue weighted by Crippen LogP contribution is -2.11. The monoisotopic (exact) mass is 253 g/mol. The fourth-order valence-corrected chi connectivity index (χ4v) is 2.02. The molecule has 0 saturated carbocycles. The smallest absolute Gasteiger partial charge is 0.352 e. The van der Waals surface area contributed by atoms with Crippen molar-refractivity contribution in [2.45, 2.75) is 6.54 Å². The largest absolute Gasteiger partial charge is 0.477 e. The first-order valence-electron chi connectivity index (χ1n) is 5.14. The maximum atomic E-state index is 11.1. The quantitative estimate of drug-likeness (QED) is 0.911. The minimum absolute atomic E-state index is 0.249. The van der Waals surface area contributed by atoms with E-state index < -0.39 is 5.97 Å². The molecule has 17 heavy (non-hydrogen) atoms. The van der Waals surface area contributed by atoms with E-state index >= 15 is 0 Å². The van der Waals surface area contributed by atoms with Crippen LogP contribution in [0.1, 0.15) is 10.5 Å². The van der Waals surface area contributed by atoms with E-state index in [9.17, 15) is 4.79 Å². The van der Waals surface area contributed by atoms with Crippen molar-refractivity contribution in [1.29, 1.82) is 0 Å².